The fourth-order valence-electron chi connectivity index (χ4n) is 4.23. The molecule has 1 aliphatic carbocycles. The van der Waals surface area contributed by atoms with E-state index < -0.39 is 10.0 Å². The Kier molecular flexibility index (Phi) is 9.36. The number of sulfonamides is 1. The zero-order valence-electron chi connectivity index (χ0n) is 17.5. The van der Waals surface area contributed by atoms with Crippen LogP contribution in [0.25, 0.3) is 0 Å². The second kappa shape index (κ2) is 11.2. The fraction of sp³-hybridized carbons (Fsp3) is 0.950. The summed E-state index contributed by atoms with van der Waals surface area (Å²) in [5.74, 6) is 2.29. The van der Waals surface area contributed by atoms with Gasteiger partial charge in [-0.2, -0.15) is 0 Å². The second-order valence-electron chi connectivity index (χ2n) is 8.45. The average Bonchev–Trinajstić information content (AvgIpc) is 2.65. The van der Waals surface area contributed by atoms with Crippen molar-refractivity contribution >= 4 is 16.0 Å². The van der Waals surface area contributed by atoms with Gasteiger partial charge in [-0.3, -0.25) is 4.99 Å². The monoisotopic (exact) mass is 400 g/mol. The molecular formula is C20H40N4O2S. The van der Waals surface area contributed by atoms with Crippen LogP contribution in [0.15, 0.2) is 4.99 Å². The smallest absolute Gasteiger partial charge is 0.211 e. The topological polar surface area (TPSA) is 73.8 Å². The maximum Gasteiger partial charge on any atom is 0.211 e. The van der Waals surface area contributed by atoms with E-state index >= 15 is 0 Å². The molecule has 0 amide bonds. The summed E-state index contributed by atoms with van der Waals surface area (Å²) >= 11 is 0. The van der Waals surface area contributed by atoms with Crippen LogP contribution < -0.4 is 10.6 Å². The van der Waals surface area contributed by atoms with E-state index in [1.165, 1.54) is 51.2 Å². The largest absolute Gasteiger partial charge is 0.357 e. The molecule has 1 saturated carbocycles. The van der Waals surface area contributed by atoms with Gasteiger partial charge in [0, 0.05) is 32.2 Å². The van der Waals surface area contributed by atoms with E-state index in [1.807, 2.05) is 0 Å². The second-order valence-corrected chi connectivity index (χ2v) is 10.4. The maximum atomic E-state index is 11.6. The SMILES string of the molecule is CCNC(=NCC1CCN(S(C)(=O)=O)CC1)NC(C)CCC1CCCCC1. The van der Waals surface area contributed by atoms with Gasteiger partial charge in [0.15, 0.2) is 5.96 Å². The van der Waals surface area contributed by atoms with Crippen molar-refractivity contribution < 1.29 is 8.42 Å². The number of rotatable bonds is 8. The number of guanidine groups is 1. The van der Waals surface area contributed by atoms with Crippen LogP contribution in [0.5, 0.6) is 0 Å². The van der Waals surface area contributed by atoms with Crippen molar-refractivity contribution in [2.24, 2.45) is 16.8 Å². The van der Waals surface area contributed by atoms with E-state index in [-0.39, 0.29) is 0 Å². The third kappa shape index (κ3) is 8.38. The molecule has 0 aromatic heterocycles. The summed E-state index contributed by atoms with van der Waals surface area (Å²) in [6, 6.07) is 0.428. The molecule has 2 aliphatic rings. The molecule has 7 heteroatoms. The molecule has 1 saturated heterocycles. The molecule has 0 aromatic carbocycles. The van der Waals surface area contributed by atoms with Crippen LogP contribution in [-0.4, -0.2) is 57.2 Å². The first-order chi connectivity index (χ1) is 12.9. The highest BCUT2D eigenvalue weighted by atomic mass is 32.2. The summed E-state index contributed by atoms with van der Waals surface area (Å²) in [6.45, 7) is 7.21. The number of hydrogen-bond acceptors (Lipinski definition) is 3. The van der Waals surface area contributed by atoms with E-state index in [2.05, 4.69) is 24.5 Å². The minimum absolute atomic E-state index is 0.428. The predicted octanol–water partition coefficient (Wildman–Crippen LogP) is 2.96. The van der Waals surface area contributed by atoms with Crippen molar-refractivity contribution in [2.45, 2.75) is 77.7 Å². The van der Waals surface area contributed by atoms with Gasteiger partial charge in [-0.05, 0) is 51.4 Å². The maximum absolute atomic E-state index is 11.6. The van der Waals surface area contributed by atoms with Crippen molar-refractivity contribution in [3.05, 3.63) is 0 Å². The Morgan fingerprint density at radius 3 is 2.37 bits per heavy atom. The van der Waals surface area contributed by atoms with Crippen molar-refractivity contribution in [3.63, 3.8) is 0 Å². The standard InChI is InChI=1S/C20H40N4O2S/c1-4-21-20(23-17(2)10-11-18-8-6-5-7-9-18)22-16-19-12-14-24(15-13-19)27(3,25)26/h17-19H,4-16H2,1-3H3,(H2,21,22,23). The van der Waals surface area contributed by atoms with Crippen LogP contribution in [-0.2, 0) is 10.0 Å². The molecular weight excluding hydrogens is 360 g/mol. The summed E-state index contributed by atoms with van der Waals surface area (Å²) in [4.78, 5) is 4.79. The van der Waals surface area contributed by atoms with E-state index in [0.29, 0.717) is 25.0 Å². The molecule has 0 radical (unpaired) electrons. The third-order valence-electron chi connectivity index (χ3n) is 6.01. The molecule has 0 aromatic rings. The van der Waals surface area contributed by atoms with Crippen molar-refractivity contribution in [1.29, 1.82) is 0 Å². The van der Waals surface area contributed by atoms with Crippen molar-refractivity contribution in [3.8, 4) is 0 Å². The van der Waals surface area contributed by atoms with Crippen molar-refractivity contribution in [2.75, 3.05) is 32.4 Å². The zero-order valence-corrected chi connectivity index (χ0v) is 18.4. The lowest BCUT2D eigenvalue weighted by atomic mass is 9.85. The number of piperidine rings is 1. The molecule has 2 N–H and O–H groups in total. The molecule has 1 unspecified atom stereocenters. The summed E-state index contributed by atoms with van der Waals surface area (Å²) in [5.41, 5.74) is 0. The minimum atomic E-state index is -3.05. The first-order valence-electron chi connectivity index (χ1n) is 10.9. The average molecular weight is 401 g/mol. The minimum Gasteiger partial charge on any atom is -0.357 e. The Morgan fingerprint density at radius 2 is 1.78 bits per heavy atom. The number of nitrogens with one attached hydrogen (secondary N) is 2. The van der Waals surface area contributed by atoms with Crippen LogP contribution in [0.1, 0.15) is 71.6 Å². The normalized spacial score (nSPS) is 22.6. The molecule has 2 fully saturated rings. The molecule has 0 bridgehead atoms. The molecule has 1 atom stereocenters. The Hall–Kier alpha value is -0.820. The molecule has 1 aliphatic heterocycles. The highest BCUT2D eigenvalue weighted by Gasteiger charge is 2.24. The van der Waals surface area contributed by atoms with Gasteiger partial charge < -0.3 is 10.6 Å². The van der Waals surface area contributed by atoms with Gasteiger partial charge >= 0.3 is 0 Å². The first-order valence-corrected chi connectivity index (χ1v) is 12.7. The quantitative estimate of drug-likeness (QED) is 0.485. The molecule has 0 spiro atoms. The molecule has 27 heavy (non-hydrogen) atoms. The van der Waals surface area contributed by atoms with Gasteiger partial charge in [0.05, 0.1) is 6.26 Å². The molecule has 1 heterocycles. The third-order valence-corrected chi connectivity index (χ3v) is 7.31. The zero-order chi connectivity index (χ0) is 19.7. The summed E-state index contributed by atoms with van der Waals surface area (Å²) in [7, 11) is -3.05. The summed E-state index contributed by atoms with van der Waals surface area (Å²) in [5, 5.41) is 6.92. The molecule has 2 rings (SSSR count). The lowest BCUT2D eigenvalue weighted by Crippen LogP contribution is -2.43. The number of hydrogen-bond donors (Lipinski definition) is 2. The van der Waals surface area contributed by atoms with E-state index in [4.69, 9.17) is 4.99 Å². The Morgan fingerprint density at radius 1 is 1.11 bits per heavy atom. The first kappa shape index (κ1) is 22.5. The van der Waals surface area contributed by atoms with Gasteiger partial charge in [0.1, 0.15) is 0 Å². The van der Waals surface area contributed by atoms with E-state index in [9.17, 15) is 8.42 Å². The van der Waals surface area contributed by atoms with Gasteiger partial charge in [-0.1, -0.05) is 32.1 Å². The molecule has 158 valence electrons. The Bertz CT molecular complexity index is 550. The van der Waals surface area contributed by atoms with Crippen LogP contribution >= 0.6 is 0 Å². The van der Waals surface area contributed by atoms with Crippen LogP contribution in [0.3, 0.4) is 0 Å². The summed E-state index contributed by atoms with van der Waals surface area (Å²) < 4.78 is 24.8. The van der Waals surface area contributed by atoms with Crippen molar-refractivity contribution in [1.82, 2.24) is 14.9 Å². The lowest BCUT2D eigenvalue weighted by molar-refractivity contribution is 0.280. The predicted molar refractivity (Wildman–Crippen MR) is 114 cm³/mol. The van der Waals surface area contributed by atoms with Crippen LogP contribution in [0.4, 0.5) is 0 Å². The highest BCUT2D eigenvalue weighted by Crippen LogP contribution is 2.27. The number of aliphatic imine (C=N–C) groups is 1. The van der Waals surface area contributed by atoms with Gasteiger partial charge in [-0.25, -0.2) is 12.7 Å². The van der Waals surface area contributed by atoms with E-state index in [0.717, 1.165) is 37.8 Å². The van der Waals surface area contributed by atoms with Gasteiger partial charge in [-0.15, -0.1) is 0 Å². The lowest BCUT2D eigenvalue weighted by Gasteiger charge is -2.29. The van der Waals surface area contributed by atoms with Gasteiger partial charge in [0.25, 0.3) is 0 Å². The summed E-state index contributed by atoms with van der Waals surface area (Å²) in [6.07, 6.45) is 12.7. The fourth-order valence-corrected chi connectivity index (χ4v) is 5.11. The van der Waals surface area contributed by atoms with E-state index in [1.54, 1.807) is 4.31 Å². The molecule has 6 nitrogen and oxygen atoms in total. The Balaban J connectivity index is 1.74. The number of nitrogens with zero attached hydrogens (tertiary/aromatic N) is 2. The highest BCUT2D eigenvalue weighted by molar-refractivity contribution is 7.88. The Labute approximate surface area is 166 Å². The van der Waals surface area contributed by atoms with Crippen LogP contribution in [0.2, 0.25) is 0 Å². The van der Waals surface area contributed by atoms with Gasteiger partial charge in [0.2, 0.25) is 10.0 Å². The van der Waals surface area contributed by atoms with Crippen LogP contribution in [0, 0.1) is 11.8 Å².